The van der Waals surface area contributed by atoms with Crippen LogP contribution in [0, 0.1) is 0 Å². The third kappa shape index (κ3) is 3.89. The largest absolute Gasteiger partial charge is 0.335 e. The number of likely N-dealkylation sites (N-methyl/N-ethyl adjacent to an activating group) is 1. The van der Waals surface area contributed by atoms with Crippen LogP contribution in [-0.2, 0) is 4.79 Å². The van der Waals surface area contributed by atoms with Crippen LogP contribution >= 0.6 is 11.3 Å². The number of quaternary nitrogens is 1. The summed E-state index contributed by atoms with van der Waals surface area (Å²) in [6.07, 6.45) is 2.10. The summed E-state index contributed by atoms with van der Waals surface area (Å²) >= 11 is 1.57. The van der Waals surface area contributed by atoms with Gasteiger partial charge in [0.2, 0.25) is 0 Å². The zero-order valence-electron chi connectivity index (χ0n) is 16.7. The van der Waals surface area contributed by atoms with Crippen LogP contribution in [0.1, 0.15) is 44.5 Å². The Hall–Kier alpha value is -1.86. The number of carbonyl (C=O) groups excluding carboxylic acids is 2. The summed E-state index contributed by atoms with van der Waals surface area (Å²) in [6.45, 7) is 10.5. The van der Waals surface area contributed by atoms with Gasteiger partial charge in [-0.3, -0.25) is 9.69 Å². The third-order valence-corrected chi connectivity index (χ3v) is 6.84. The first-order valence-corrected chi connectivity index (χ1v) is 10.8. The maximum atomic E-state index is 13.2. The van der Waals surface area contributed by atoms with Gasteiger partial charge < -0.3 is 15.1 Å². The van der Waals surface area contributed by atoms with E-state index in [4.69, 9.17) is 0 Å². The van der Waals surface area contributed by atoms with Crippen LogP contribution in [0.4, 0.5) is 4.79 Å². The van der Waals surface area contributed by atoms with E-state index in [0.29, 0.717) is 6.54 Å². The van der Waals surface area contributed by atoms with E-state index in [1.807, 2.05) is 22.4 Å². The zero-order chi connectivity index (χ0) is 19.6. The Balaban J connectivity index is 1.72. The lowest BCUT2D eigenvalue weighted by Gasteiger charge is -2.30. The van der Waals surface area contributed by atoms with Gasteiger partial charge in [-0.25, -0.2) is 4.79 Å². The number of urea groups is 1. The van der Waals surface area contributed by atoms with Crippen molar-refractivity contribution in [2.24, 2.45) is 0 Å². The highest BCUT2D eigenvalue weighted by atomic mass is 32.1. The van der Waals surface area contributed by atoms with Crippen LogP contribution in [-0.4, -0.2) is 61.0 Å². The first-order chi connectivity index (χ1) is 13.0. The highest BCUT2D eigenvalue weighted by Crippen LogP contribution is 2.38. The van der Waals surface area contributed by atoms with Gasteiger partial charge in [0.25, 0.3) is 5.91 Å². The number of hydrogen-bond acceptors (Lipinski definition) is 3. The Bertz CT molecular complexity index is 712. The molecule has 2 aliphatic rings. The summed E-state index contributed by atoms with van der Waals surface area (Å²) in [5, 5.41) is 4.97. The lowest BCUT2D eigenvalue weighted by molar-refractivity contribution is -0.896. The van der Waals surface area contributed by atoms with Crippen LogP contribution in [0.2, 0.25) is 0 Å². The first kappa shape index (κ1) is 19.9. The molecule has 2 atom stereocenters. The van der Waals surface area contributed by atoms with Crippen molar-refractivity contribution in [3.8, 4) is 0 Å². The minimum Gasteiger partial charge on any atom is -0.335 e. The molecule has 1 aromatic rings. The molecular formula is C20H31N4O2S+. The average molecular weight is 392 g/mol. The van der Waals surface area contributed by atoms with Gasteiger partial charge in [-0.15, -0.1) is 11.3 Å². The highest BCUT2D eigenvalue weighted by Gasteiger charge is 2.44. The number of amides is 3. The van der Waals surface area contributed by atoms with Crippen molar-refractivity contribution in [1.29, 1.82) is 0 Å². The number of thiophene rings is 1. The molecule has 6 nitrogen and oxygen atoms in total. The molecule has 3 amide bonds. The predicted molar refractivity (Wildman–Crippen MR) is 108 cm³/mol. The summed E-state index contributed by atoms with van der Waals surface area (Å²) in [5.74, 6) is 0.0675. The topological polar surface area (TPSA) is 57.1 Å². The van der Waals surface area contributed by atoms with Crippen molar-refractivity contribution < 1.29 is 14.5 Å². The van der Waals surface area contributed by atoms with Crippen molar-refractivity contribution in [2.75, 3.05) is 33.2 Å². The van der Waals surface area contributed by atoms with Crippen molar-refractivity contribution in [3.05, 3.63) is 33.7 Å². The minimum absolute atomic E-state index is 0.0675. The summed E-state index contributed by atoms with van der Waals surface area (Å²) in [4.78, 5) is 31.8. The third-order valence-electron chi connectivity index (χ3n) is 5.90. The minimum atomic E-state index is -0.325. The Morgan fingerprint density at radius 2 is 2.07 bits per heavy atom. The number of hydrogen-bond donors (Lipinski definition) is 2. The molecule has 0 spiro atoms. The molecule has 3 rings (SSSR count). The van der Waals surface area contributed by atoms with Crippen molar-refractivity contribution in [3.63, 3.8) is 0 Å². The maximum absolute atomic E-state index is 13.2. The molecule has 7 heteroatoms. The average Bonchev–Trinajstić information content (AvgIpc) is 3.30. The Morgan fingerprint density at radius 1 is 1.33 bits per heavy atom. The Labute approximate surface area is 165 Å². The molecule has 0 saturated carbocycles. The SMILES string of the molecule is CC[NH+](CC)CCC[C@@H](C)N1CC2=C(C1=O)[C@H](c1cccs1)NC(=O)N2C. The summed E-state index contributed by atoms with van der Waals surface area (Å²) in [7, 11) is 1.75. The number of carbonyl (C=O) groups is 2. The second-order valence-electron chi connectivity index (χ2n) is 7.45. The van der Waals surface area contributed by atoms with Gasteiger partial charge in [-0.2, -0.15) is 0 Å². The molecule has 0 fully saturated rings. The standard InChI is InChI=1S/C20H30N4O2S/c1-5-23(6-2)11-7-9-14(3)24-13-15-17(19(24)25)18(16-10-8-12-27-16)21-20(26)22(15)4/h8,10,12,14,18H,5-7,9,11,13H2,1-4H3,(H,21,26)/p+1/t14-,18+/m1/s1. The first-order valence-electron chi connectivity index (χ1n) is 9.93. The summed E-state index contributed by atoms with van der Waals surface area (Å²) < 4.78 is 0. The molecule has 0 radical (unpaired) electrons. The summed E-state index contributed by atoms with van der Waals surface area (Å²) in [6, 6.07) is 3.65. The predicted octanol–water partition coefficient (Wildman–Crippen LogP) is 1.63. The molecule has 0 bridgehead atoms. The van der Waals surface area contributed by atoms with Crippen molar-refractivity contribution >= 4 is 23.3 Å². The smallest absolute Gasteiger partial charge is 0.322 e. The van der Waals surface area contributed by atoms with Gasteiger partial charge >= 0.3 is 6.03 Å². The summed E-state index contributed by atoms with van der Waals surface area (Å²) in [5.41, 5.74) is 1.59. The van der Waals surface area contributed by atoms with Crippen LogP contribution in [0.5, 0.6) is 0 Å². The highest BCUT2D eigenvalue weighted by molar-refractivity contribution is 7.10. The molecule has 3 heterocycles. The van der Waals surface area contributed by atoms with Gasteiger partial charge in [0, 0.05) is 18.0 Å². The number of nitrogens with zero attached hydrogens (tertiary/aromatic N) is 2. The van der Waals surface area contributed by atoms with Crippen LogP contribution in [0.25, 0.3) is 0 Å². The molecule has 2 N–H and O–H groups in total. The zero-order valence-corrected chi connectivity index (χ0v) is 17.6. The molecule has 2 aliphatic heterocycles. The molecule has 27 heavy (non-hydrogen) atoms. The Morgan fingerprint density at radius 3 is 2.70 bits per heavy atom. The van der Waals surface area contributed by atoms with Crippen LogP contribution < -0.4 is 10.2 Å². The van der Waals surface area contributed by atoms with Crippen molar-refractivity contribution in [1.82, 2.24) is 15.1 Å². The normalized spacial score (nSPS) is 21.1. The van der Waals surface area contributed by atoms with E-state index < -0.39 is 0 Å². The maximum Gasteiger partial charge on any atom is 0.322 e. The molecule has 1 aromatic heterocycles. The van der Waals surface area contributed by atoms with E-state index in [9.17, 15) is 9.59 Å². The monoisotopic (exact) mass is 391 g/mol. The van der Waals surface area contributed by atoms with E-state index in [2.05, 4.69) is 26.1 Å². The van der Waals surface area contributed by atoms with Gasteiger partial charge in [0.15, 0.2) is 0 Å². The van der Waals surface area contributed by atoms with Crippen molar-refractivity contribution in [2.45, 2.75) is 45.7 Å². The van der Waals surface area contributed by atoms with Gasteiger partial charge in [-0.05, 0) is 45.1 Å². The van der Waals surface area contributed by atoms with Crippen LogP contribution in [0.3, 0.4) is 0 Å². The lowest BCUT2D eigenvalue weighted by atomic mass is 10.0. The van der Waals surface area contributed by atoms with Gasteiger partial charge in [0.1, 0.15) is 0 Å². The number of nitrogens with one attached hydrogen (secondary N) is 2. The van der Waals surface area contributed by atoms with Crippen LogP contribution in [0.15, 0.2) is 28.8 Å². The fourth-order valence-corrected chi connectivity index (χ4v) is 4.80. The quantitative estimate of drug-likeness (QED) is 0.708. The van der Waals surface area contributed by atoms with E-state index in [1.165, 1.54) is 0 Å². The number of rotatable bonds is 8. The molecule has 148 valence electrons. The molecular weight excluding hydrogens is 360 g/mol. The Kier molecular flexibility index (Phi) is 6.22. The fourth-order valence-electron chi connectivity index (χ4n) is 4.02. The molecule has 0 saturated heterocycles. The second-order valence-corrected chi connectivity index (χ2v) is 8.43. The second kappa shape index (κ2) is 8.44. The molecule has 0 aromatic carbocycles. The lowest BCUT2D eigenvalue weighted by Crippen LogP contribution is -3.11. The van der Waals surface area contributed by atoms with E-state index in [0.717, 1.165) is 48.6 Å². The van der Waals surface area contributed by atoms with E-state index >= 15 is 0 Å². The van der Waals surface area contributed by atoms with Gasteiger partial charge in [0.05, 0.1) is 43.5 Å². The van der Waals surface area contributed by atoms with E-state index in [1.54, 1.807) is 28.2 Å². The van der Waals surface area contributed by atoms with E-state index in [-0.39, 0.29) is 24.0 Å². The molecule has 0 unspecified atom stereocenters. The fraction of sp³-hybridized carbons (Fsp3) is 0.600. The van der Waals surface area contributed by atoms with Gasteiger partial charge in [-0.1, -0.05) is 6.07 Å². The molecule has 0 aliphatic carbocycles.